The van der Waals surface area contributed by atoms with Crippen LogP contribution in [0.1, 0.15) is 24.0 Å². The number of amides is 1. The number of carbonyl (C=O) groups is 1. The van der Waals surface area contributed by atoms with Crippen molar-refractivity contribution in [3.63, 3.8) is 0 Å². The minimum absolute atomic E-state index is 0.246. The molecule has 0 saturated carbocycles. The van der Waals surface area contributed by atoms with Crippen LogP contribution in [0.2, 0.25) is 0 Å². The number of carbonyl (C=O) groups excluding carboxylic acids is 1. The second-order valence-electron chi connectivity index (χ2n) is 7.42. The lowest BCUT2D eigenvalue weighted by Gasteiger charge is -2.16. The molecule has 5 nitrogen and oxygen atoms in total. The second kappa shape index (κ2) is 9.29. The summed E-state index contributed by atoms with van der Waals surface area (Å²) in [5, 5.41) is 2.89. The lowest BCUT2D eigenvalue weighted by Crippen LogP contribution is -2.27. The highest BCUT2D eigenvalue weighted by Gasteiger charge is 2.27. The van der Waals surface area contributed by atoms with E-state index in [1.54, 1.807) is 24.3 Å². The van der Waals surface area contributed by atoms with Crippen molar-refractivity contribution in [1.82, 2.24) is 4.31 Å². The van der Waals surface area contributed by atoms with E-state index < -0.39 is 10.0 Å². The maximum atomic E-state index is 13.1. The molecular weight excluding hydrogens is 408 g/mol. The Labute approximate surface area is 183 Å². The topological polar surface area (TPSA) is 66.5 Å². The fraction of sp³-hybridized carbons (Fsp3) is 0.160. The van der Waals surface area contributed by atoms with E-state index in [9.17, 15) is 13.2 Å². The largest absolute Gasteiger partial charge is 0.322 e. The van der Waals surface area contributed by atoms with Crippen molar-refractivity contribution in [2.75, 3.05) is 18.4 Å². The number of hydrogen-bond donors (Lipinski definition) is 1. The molecule has 3 aromatic carbocycles. The van der Waals surface area contributed by atoms with E-state index in [1.165, 1.54) is 4.31 Å². The van der Waals surface area contributed by atoms with Crippen LogP contribution in [0.4, 0.5) is 5.69 Å². The molecular formula is C25H24N2O3S. The van der Waals surface area contributed by atoms with Gasteiger partial charge in [0, 0.05) is 24.4 Å². The molecule has 0 unspecified atom stereocenters. The number of benzene rings is 3. The van der Waals surface area contributed by atoms with E-state index in [4.69, 9.17) is 0 Å². The summed E-state index contributed by atoms with van der Waals surface area (Å²) in [6.45, 7) is 1.12. The summed E-state index contributed by atoms with van der Waals surface area (Å²) in [6.07, 6.45) is 3.63. The first-order valence-electron chi connectivity index (χ1n) is 10.3. The van der Waals surface area contributed by atoms with Crippen LogP contribution in [0.15, 0.2) is 89.8 Å². The molecule has 0 aliphatic carbocycles. The normalized spacial score (nSPS) is 15.0. The molecule has 158 valence electrons. The van der Waals surface area contributed by atoms with Gasteiger partial charge >= 0.3 is 0 Å². The molecule has 0 radical (unpaired) electrons. The lowest BCUT2D eigenvalue weighted by atomic mass is 10.0. The first-order chi connectivity index (χ1) is 15.0. The highest BCUT2D eigenvalue weighted by Crippen LogP contribution is 2.24. The van der Waals surface area contributed by atoms with E-state index in [0.29, 0.717) is 24.4 Å². The van der Waals surface area contributed by atoms with Crippen LogP contribution in [0, 0.1) is 0 Å². The molecule has 1 aliphatic heterocycles. The Morgan fingerprint density at radius 1 is 0.806 bits per heavy atom. The van der Waals surface area contributed by atoms with Crippen molar-refractivity contribution >= 4 is 33.3 Å². The van der Waals surface area contributed by atoms with Crippen LogP contribution >= 0.6 is 0 Å². The zero-order valence-corrected chi connectivity index (χ0v) is 17.9. The summed E-state index contributed by atoms with van der Waals surface area (Å²) < 4.78 is 26.9. The molecule has 0 atom stereocenters. The zero-order chi connectivity index (χ0) is 21.7. The Hall–Kier alpha value is -3.22. The molecule has 0 bridgehead atoms. The van der Waals surface area contributed by atoms with E-state index >= 15 is 0 Å². The van der Waals surface area contributed by atoms with Gasteiger partial charge in [0.25, 0.3) is 5.91 Å². The molecule has 1 fully saturated rings. The Morgan fingerprint density at radius 2 is 1.39 bits per heavy atom. The highest BCUT2D eigenvalue weighted by molar-refractivity contribution is 7.89. The number of nitrogens with one attached hydrogen (secondary N) is 1. The Kier molecular flexibility index (Phi) is 6.30. The minimum Gasteiger partial charge on any atom is -0.322 e. The summed E-state index contributed by atoms with van der Waals surface area (Å²) in [6, 6.07) is 25.5. The molecule has 1 aliphatic rings. The molecule has 3 aromatic rings. The van der Waals surface area contributed by atoms with Gasteiger partial charge in [0.15, 0.2) is 0 Å². The molecule has 0 aromatic heterocycles. The first kappa shape index (κ1) is 21.0. The van der Waals surface area contributed by atoms with Crippen LogP contribution in [0.3, 0.4) is 0 Å². The van der Waals surface area contributed by atoms with Crippen LogP contribution in [0.5, 0.6) is 0 Å². The number of nitrogens with zero attached hydrogens (tertiary/aromatic N) is 1. The van der Waals surface area contributed by atoms with Crippen LogP contribution in [-0.2, 0) is 14.8 Å². The third kappa shape index (κ3) is 4.93. The third-order valence-electron chi connectivity index (χ3n) is 5.25. The SMILES string of the molecule is O=C(Nc1ccc(S(=O)(=O)N2CCCC2)cc1)/C(=C\c1ccccc1)c1ccccc1. The van der Waals surface area contributed by atoms with E-state index in [1.807, 2.05) is 66.7 Å². The first-order valence-corrected chi connectivity index (χ1v) is 11.7. The highest BCUT2D eigenvalue weighted by atomic mass is 32.2. The van der Waals surface area contributed by atoms with Gasteiger partial charge in [0.05, 0.1) is 4.90 Å². The summed E-state index contributed by atoms with van der Waals surface area (Å²) in [4.78, 5) is 13.3. The predicted octanol–water partition coefficient (Wildman–Crippen LogP) is 4.65. The molecule has 31 heavy (non-hydrogen) atoms. The fourth-order valence-corrected chi connectivity index (χ4v) is 5.12. The van der Waals surface area contributed by atoms with E-state index in [0.717, 1.165) is 24.0 Å². The Balaban J connectivity index is 1.57. The maximum Gasteiger partial charge on any atom is 0.256 e. The number of sulfonamides is 1. The predicted molar refractivity (Wildman–Crippen MR) is 124 cm³/mol. The van der Waals surface area contributed by atoms with Crippen LogP contribution < -0.4 is 5.32 Å². The summed E-state index contributed by atoms with van der Waals surface area (Å²) in [7, 11) is -3.47. The van der Waals surface area contributed by atoms with Gasteiger partial charge < -0.3 is 5.32 Å². The standard InChI is InChI=1S/C25H24N2O3S/c28-25(24(21-11-5-2-6-12-21)19-20-9-3-1-4-10-20)26-22-13-15-23(16-14-22)31(29,30)27-17-7-8-18-27/h1-6,9-16,19H,7-8,17-18H2,(H,26,28)/b24-19-. The third-order valence-corrected chi connectivity index (χ3v) is 7.17. The quantitative estimate of drug-likeness (QED) is 0.455. The van der Waals surface area contributed by atoms with E-state index in [2.05, 4.69) is 5.32 Å². The van der Waals surface area contributed by atoms with Crippen LogP contribution in [0.25, 0.3) is 11.6 Å². The Morgan fingerprint density at radius 3 is 2.00 bits per heavy atom. The zero-order valence-electron chi connectivity index (χ0n) is 17.1. The molecule has 1 N–H and O–H groups in total. The van der Waals surface area contributed by atoms with Crippen molar-refractivity contribution in [3.8, 4) is 0 Å². The number of hydrogen-bond acceptors (Lipinski definition) is 3. The smallest absolute Gasteiger partial charge is 0.256 e. The number of anilines is 1. The van der Waals surface area contributed by atoms with Gasteiger partial charge in [-0.25, -0.2) is 8.42 Å². The van der Waals surface area contributed by atoms with E-state index in [-0.39, 0.29) is 10.8 Å². The number of rotatable bonds is 6. The molecule has 1 amide bonds. The Bertz CT molecular complexity index is 1170. The molecule has 1 heterocycles. The van der Waals surface area contributed by atoms with Crippen molar-refractivity contribution < 1.29 is 13.2 Å². The van der Waals surface area contributed by atoms with Crippen molar-refractivity contribution in [2.24, 2.45) is 0 Å². The van der Waals surface area contributed by atoms with Gasteiger partial charge in [-0.1, -0.05) is 60.7 Å². The minimum atomic E-state index is -3.47. The second-order valence-corrected chi connectivity index (χ2v) is 9.36. The lowest BCUT2D eigenvalue weighted by molar-refractivity contribution is -0.111. The van der Waals surface area contributed by atoms with Crippen molar-refractivity contribution in [2.45, 2.75) is 17.7 Å². The molecule has 6 heteroatoms. The van der Waals surface area contributed by atoms with Gasteiger partial charge in [-0.15, -0.1) is 0 Å². The maximum absolute atomic E-state index is 13.1. The average Bonchev–Trinajstić information content (AvgIpc) is 3.35. The van der Waals surface area contributed by atoms with Crippen LogP contribution in [-0.4, -0.2) is 31.7 Å². The monoisotopic (exact) mass is 432 g/mol. The van der Waals surface area contributed by atoms with Gasteiger partial charge in [0.1, 0.15) is 0 Å². The molecule has 1 saturated heterocycles. The fourth-order valence-electron chi connectivity index (χ4n) is 3.60. The molecule has 0 spiro atoms. The van der Waals surface area contributed by atoms with Gasteiger partial charge in [-0.05, 0) is 54.3 Å². The van der Waals surface area contributed by atoms with Crippen molar-refractivity contribution in [3.05, 3.63) is 96.1 Å². The van der Waals surface area contributed by atoms with Gasteiger partial charge in [0.2, 0.25) is 10.0 Å². The summed E-state index contributed by atoms with van der Waals surface area (Å²) in [5.41, 5.74) is 2.79. The summed E-state index contributed by atoms with van der Waals surface area (Å²) >= 11 is 0. The summed E-state index contributed by atoms with van der Waals surface area (Å²) in [5.74, 6) is -0.259. The van der Waals surface area contributed by atoms with Gasteiger partial charge in [-0.2, -0.15) is 4.31 Å². The van der Waals surface area contributed by atoms with Gasteiger partial charge in [-0.3, -0.25) is 4.79 Å². The molecule has 4 rings (SSSR count). The van der Waals surface area contributed by atoms with Crippen molar-refractivity contribution in [1.29, 1.82) is 0 Å². The average molecular weight is 433 g/mol.